The molecule has 1 amide bonds. The van der Waals surface area contributed by atoms with Crippen molar-refractivity contribution in [1.82, 2.24) is 9.88 Å². The summed E-state index contributed by atoms with van der Waals surface area (Å²) in [5.74, 6) is 0.730. The second-order valence-electron chi connectivity index (χ2n) is 9.26. The molecule has 7 heteroatoms. The number of nitrogens with one attached hydrogen (secondary N) is 1. The largest absolute Gasteiger partial charge is 0.496 e. The van der Waals surface area contributed by atoms with Gasteiger partial charge in [0, 0.05) is 33.4 Å². The third kappa shape index (κ3) is 4.20. The number of methoxy groups -OCH3 is 1. The molecule has 0 aliphatic carbocycles. The Morgan fingerprint density at radius 1 is 1.15 bits per heavy atom. The van der Waals surface area contributed by atoms with E-state index >= 15 is 0 Å². The molecule has 6 nitrogen and oxygen atoms in total. The maximum Gasteiger partial charge on any atom is 0.407 e. The second kappa shape index (κ2) is 8.56. The molecule has 4 rings (SSSR count). The first kappa shape index (κ1) is 22.9. The van der Waals surface area contributed by atoms with Crippen molar-refractivity contribution < 1.29 is 14.6 Å². The predicted molar refractivity (Wildman–Crippen MR) is 135 cm³/mol. The summed E-state index contributed by atoms with van der Waals surface area (Å²) >= 11 is 1.43. The number of amides is 1. The minimum absolute atomic E-state index is 0.0882. The number of thiophene rings is 1. The average molecular weight is 465 g/mol. The number of pyridine rings is 1. The van der Waals surface area contributed by atoms with Gasteiger partial charge in [0.25, 0.3) is 5.56 Å². The fourth-order valence-electron chi connectivity index (χ4n) is 4.66. The van der Waals surface area contributed by atoms with Crippen molar-refractivity contribution in [3.8, 4) is 16.9 Å². The van der Waals surface area contributed by atoms with E-state index in [0.29, 0.717) is 11.1 Å². The molecule has 4 aromatic rings. The van der Waals surface area contributed by atoms with Gasteiger partial charge in [-0.15, -0.1) is 11.3 Å². The number of ether oxygens (including phenoxy) is 1. The van der Waals surface area contributed by atoms with Crippen LogP contribution in [0.25, 0.3) is 32.1 Å². The molecule has 0 saturated heterocycles. The zero-order chi connectivity index (χ0) is 23.9. The van der Waals surface area contributed by atoms with E-state index in [1.165, 1.54) is 16.2 Å². The maximum absolute atomic E-state index is 12.5. The predicted octanol–water partition coefficient (Wildman–Crippen LogP) is 6.13. The Balaban J connectivity index is 1.77. The molecule has 2 aromatic heterocycles. The summed E-state index contributed by atoms with van der Waals surface area (Å²) in [6.45, 7) is 7.65. The van der Waals surface area contributed by atoms with Crippen LogP contribution in [0.3, 0.4) is 0 Å². The number of aromatic nitrogens is 1. The molecule has 1 atom stereocenters. The zero-order valence-electron chi connectivity index (χ0n) is 19.4. The normalized spacial score (nSPS) is 12.8. The van der Waals surface area contributed by atoms with Gasteiger partial charge in [0.1, 0.15) is 10.4 Å². The number of carbonyl (C=O) groups is 1. The van der Waals surface area contributed by atoms with Crippen LogP contribution in [0.1, 0.15) is 33.3 Å². The van der Waals surface area contributed by atoms with E-state index in [0.717, 1.165) is 38.7 Å². The third-order valence-electron chi connectivity index (χ3n) is 5.92. The highest BCUT2D eigenvalue weighted by atomic mass is 32.1. The lowest BCUT2D eigenvalue weighted by atomic mass is 9.95. The summed E-state index contributed by atoms with van der Waals surface area (Å²) in [6, 6.07) is 13.7. The quantitative estimate of drug-likeness (QED) is 0.372. The Bertz CT molecular complexity index is 1380. The third-order valence-corrected chi connectivity index (χ3v) is 6.83. The number of rotatable bonds is 5. The fourth-order valence-corrected chi connectivity index (χ4v) is 5.46. The van der Waals surface area contributed by atoms with Gasteiger partial charge in [-0.1, -0.05) is 24.3 Å². The molecular weight excluding hydrogens is 436 g/mol. The summed E-state index contributed by atoms with van der Waals surface area (Å²) in [5.41, 5.74) is 3.14. The number of carboxylic acid groups (broad SMARTS) is 1. The molecule has 0 spiro atoms. The van der Waals surface area contributed by atoms with Crippen LogP contribution in [0, 0.1) is 0 Å². The number of aromatic amines is 1. The van der Waals surface area contributed by atoms with Crippen LogP contribution in [-0.4, -0.2) is 39.8 Å². The summed E-state index contributed by atoms with van der Waals surface area (Å²) in [4.78, 5) is 28.8. The highest BCUT2D eigenvalue weighted by molar-refractivity contribution is 7.17. The Morgan fingerprint density at radius 3 is 2.45 bits per heavy atom. The monoisotopic (exact) mass is 464 g/mol. The highest BCUT2D eigenvalue weighted by Gasteiger charge is 2.30. The minimum atomic E-state index is -0.916. The van der Waals surface area contributed by atoms with Gasteiger partial charge in [0.05, 0.1) is 7.11 Å². The number of hydrogen-bond donors (Lipinski definition) is 2. The van der Waals surface area contributed by atoms with E-state index in [1.807, 2.05) is 75.5 Å². The lowest BCUT2D eigenvalue weighted by Gasteiger charge is -2.38. The first-order valence-electron chi connectivity index (χ1n) is 10.8. The molecule has 0 aliphatic rings. The average Bonchev–Trinajstić information content (AvgIpc) is 3.23. The van der Waals surface area contributed by atoms with Crippen LogP contribution in [0.2, 0.25) is 0 Å². The van der Waals surface area contributed by atoms with Crippen LogP contribution in [0.15, 0.2) is 52.6 Å². The molecule has 2 heterocycles. The highest BCUT2D eigenvalue weighted by Crippen LogP contribution is 2.40. The van der Waals surface area contributed by atoms with E-state index < -0.39 is 11.6 Å². The first-order valence-corrected chi connectivity index (χ1v) is 11.7. The Hall–Kier alpha value is -3.32. The van der Waals surface area contributed by atoms with Gasteiger partial charge in [-0.05, 0) is 68.8 Å². The Morgan fingerprint density at radius 2 is 1.85 bits per heavy atom. The van der Waals surface area contributed by atoms with Gasteiger partial charge in [-0.2, -0.15) is 0 Å². The summed E-state index contributed by atoms with van der Waals surface area (Å²) in [5, 5.41) is 13.5. The molecular formula is C26H28N2O4S. The molecule has 1 unspecified atom stereocenters. The van der Waals surface area contributed by atoms with E-state index in [9.17, 15) is 14.7 Å². The van der Waals surface area contributed by atoms with Gasteiger partial charge in [-0.3, -0.25) is 4.79 Å². The van der Waals surface area contributed by atoms with E-state index in [2.05, 4.69) is 4.98 Å². The van der Waals surface area contributed by atoms with Crippen molar-refractivity contribution in [1.29, 1.82) is 0 Å². The van der Waals surface area contributed by atoms with Gasteiger partial charge in [0.15, 0.2) is 0 Å². The van der Waals surface area contributed by atoms with E-state index in [4.69, 9.17) is 4.74 Å². The lowest BCUT2D eigenvalue weighted by Crippen LogP contribution is -2.50. The topological polar surface area (TPSA) is 82.6 Å². The molecule has 2 aromatic carbocycles. The van der Waals surface area contributed by atoms with Crippen molar-refractivity contribution in [2.45, 2.75) is 45.7 Å². The summed E-state index contributed by atoms with van der Waals surface area (Å²) in [6.07, 6.45) is -0.306. The van der Waals surface area contributed by atoms with Crippen LogP contribution in [0.5, 0.6) is 5.75 Å². The SMILES string of the molecule is COc1ccc2[nH]c(=O)c3sccc3c2c1-c1ccc(CC(C)N(C(=O)O)C(C)(C)C)cc1. The molecule has 0 bridgehead atoms. The smallest absolute Gasteiger partial charge is 0.407 e. The van der Waals surface area contributed by atoms with Crippen molar-refractivity contribution in [2.75, 3.05) is 7.11 Å². The zero-order valence-corrected chi connectivity index (χ0v) is 20.2. The van der Waals surface area contributed by atoms with E-state index in [-0.39, 0.29) is 11.6 Å². The van der Waals surface area contributed by atoms with Crippen molar-refractivity contribution in [3.63, 3.8) is 0 Å². The van der Waals surface area contributed by atoms with Crippen molar-refractivity contribution in [2.24, 2.45) is 0 Å². The fraction of sp³-hybridized carbons (Fsp3) is 0.308. The van der Waals surface area contributed by atoms with Crippen molar-refractivity contribution in [3.05, 3.63) is 63.8 Å². The van der Waals surface area contributed by atoms with Crippen LogP contribution in [-0.2, 0) is 6.42 Å². The van der Waals surface area contributed by atoms with Crippen LogP contribution >= 0.6 is 11.3 Å². The summed E-state index contributed by atoms with van der Waals surface area (Å²) < 4.78 is 6.39. The van der Waals surface area contributed by atoms with Gasteiger partial charge < -0.3 is 19.7 Å². The molecule has 172 valence electrons. The van der Waals surface area contributed by atoms with Crippen LogP contribution in [0.4, 0.5) is 4.79 Å². The number of H-pyrrole nitrogens is 1. The standard InChI is InChI=1S/C26H28N2O4S/c1-15(28(25(30)31)26(2,3)4)14-16-6-8-17(9-7-16)21-20(32-5)11-10-19-22(21)18-12-13-33-23(18)24(29)27-19/h6-13,15H,14H2,1-5H3,(H,27,29)(H,30,31). The molecule has 0 aliphatic heterocycles. The molecule has 33 heavy (non-hydrogen) atoms. The molecule has 0 saturated carbocycles. The minimum Gasteiger partial charge on any atom is -0.496 e. The van der Waals surface area contributed by atoms with Crippen LogP contribution < -0.4 is 10.3 Å². The second-order valence-corrected chi connectivity index (χ2v) is 10.2. The number of nitrogens with zero attached hydrogens (tertiary/aromatic N) is 1. The van der Waals surface area contributed by atoms with Crippen molar-refractivity contribution >= 4 is 38.4 Å². The first-order chi connectivity index (χ1) is 15.6. The van der Waals surface area contributed by atoms with Gasteiger partial charge in [-0.25, -0.2) is 4.79 Å². The summed E-state index contributed by atoms with van der Waals surface area (Å²) in [7, 11) is 1.64. The molecule has 0 fully saturated rings. The molecule has 2 N–H and O–H groups in total. The Kier molecular flexibility index (Phi) is 5.93. The number of hydrogen-bond acceptors (Lipinski definition) is 4. The van der Waals surface area contributed by atoms with E-state index in [1.54, 1.807) is 7.11 Å². The number of fused-ring (bicyclic) bond motifs is 3. The molecule has 0 radical (unpaired) electrons. The number of benzene rings is 2. The lowest BCUT2D eigenvalue weighted by molar-refractivity contribution is 0.0756. The Labute approximate surface area is 196 Å². The van der Waals surface area contributed by atoms with Gasteiger partial charge in [0.2, 0.25) is 0 Å². The van der Waals surface area contributed by atoms with Gasteiger partial charge >= 0.3 is 6.09 Å². The maximum atomic E-state index is 12.5.